The molecule has 7 nitrogen and oxygen atoms in total. The molecule has 1 aromatic heterocycles. The number of aromatic nitrogens is 1. The number of rotatable bonds is 8. The molecule has 1 aliphatic heterocycles. The van der Waals surface area contributed by atoms with Crippen LogP contribution in [0, 0.1) is 11.7 Å². The van der Waals surface area contributed by atoms with E-state index in [1.807, 2.05) is 43.9 Å². The summed E-state index contributed by atoms with van der Waals surface area (Å²) < 4.78 is 24.9. The van der Waals surface area contributed by atoms with Crippen molar-refractivity contribution in [3.8, 4) is 5.75 Å². The molecule has 2 amide bonds. The van der Waals surface area contributed by atoms with E-state index in [1.165, 1.54) is 18.4 Å². The van der Waals surface area contributed by atoms with Crippen LogP contribution in [0.2, 0.25) is 0 Å². The Morgan fingerprint density at radius 2 is 2.00 bits per heavy atom. The lowest BCUT2D eigenvalue weighted by Gasteiger charge is -2.38. The van der Waals surface area contributed by atoms with E-state index in [0.717, 1.165) is 23.1 Å². The molecule has 35 heavy (non-hydrogen) atoms. The average Bonchev–Trinajstić information content (AvgIpc) is 3.31. The number of carbonyl (C=O) groups excluding carboxylic acids is 2. The first-order valence-electron chi connectivity index (χ1n) is 11.9. The maximum absolute atomic E-state index is 13.7. The third kappa shape index (κ3) is 5.70. The van der Waals surface area contributed by atoms with E-state index in [-0.39, 0.29) is 47.8 Å². The molecule has 0 saturated heterocycles. The minimum Gasteiger partial charge on any atom is -0.484 e. The summed E-state index contributed by atoms with van der Waals surface area (Å²) in [5.41, 5.74) is 3.12. The number of ether oxygens (including phenoxy) is 1. The zero-order valence-corrected chi connectivity index (χ0v) is 20.2. The number of fused-ring (bicyclic) bond motifs is 1. The Labute approximate surface area is 204 Å². The first-order chi connectivity index (χ1) is 16.9. The molecule has 0 saturated carbocycles. The van der Waals surface area contributed by atoms with E-state index in [4.69, 9.17) is 9.15 Å². The number of nitrogens with one attached hydrogen (secondary N) is 1. The predicted octanol–water partition coefficient (Wildman–Crippen LogP) is 4.66. The lowest BCUT2D eigenvalue weighted by molar-refractivity contribution is -0.134. The highest BCUT2D eigenvalue weighted by Gasteiger charge is 2.32. The lowest BCUT2D eigenvalue weighted by atomic mass is 9.87. The largest absolute Gasteiger partial charge is 0.484 e. The summed E-state index contributed by atoms with van der Waals surface area (Å²) in [5.74, 6) is 0.561. The molecule has 1 aliphatic rings. The molecule has 0 unspecified atom stereocenters. The van der Waals surface area contributed by atoms with Gasteiger partial charge in [0.15, 0.2) is 12.3 Å². The Morgan fingerprint density at radius 3 is 2.71 bits per heavy atom. The molecule has 0 radical (unpaired) electrons. The van der Waals surface area contributed by atoms with E-state index in [0.29, 0.717) is 25.3 Å². The first-order valence-corrected chi connectivity index (χ1v) is 11.9. The molecular formula is C27H30FN3O4. The van der Waals surface area contributed by atoms with E-state index in [9.17, 15) is 14.0 Å². The van der Waals surface area contributed by atoms with Gasteiger partial charge in [-0.3, -0.25) is 9.59 Å². The Hall–Kier alpha value is -3.68. The highest BCUT2D eigenvalue weighted by molar-refractivity contribution is 5.91. The highest BCUT2D eigenvalue weighted by atomic mass is 19.1. The number of amides is 2. The van der Waals surface area contributed by atoms with Gasteiger partial charge in [-0.05, 0) is 60.2 Å². The highest BCUT2D eigenvalue weighted by Crippen LogP contribution is 2.38. The Balaban J connectivity index is 1.59. The molecule has 0 fully saturated rings. The fraction of sp³-hybridized carbons (Fsp3) is 0.370. The maximum Gasteiger partial charge on any atom is 0.273 e. The topological polar surface area (TPSA) is 84.7 Å². The molecule has 0 aliphatic carbocycles. The Bertz CT molecular complexity index is 1190. The molecule has 184 valence electrons. The molecule has 4 rings (SSSR count). The summed E-state index contributed by atoms with van der Waals surface area (Å²) in [6, 6.07) is 11.8. The maximum atomic E-state index is 13.7. The molecule has 1 N–H and O–H groups in total. The van der Waals surface area contributed by atoms with E-state index < -0.39 is 0 Å². The minimum absolute atomic E-state index is 0.0510. The predicted molar refractivity (Wildman–Crippen MR) is 128 cm³/mol. The van der Waals surface area contributed by atoms with Gasteiger partial charge in [0.25, 0.3) is 5.91 Å². The van der Waals surface area contributed by atoms with Crippen molar-refractivity contribution in [2.45, 2.75) is 46.3 Å². The van der Waals surface area contributed by atoms with Gasteiger partial charge in [-0.1, -0.05) is 32.0 Å². The monoisotopic (exact) mass is 479 g/mol. The summed E-state index contributed by atoms with van der Waals surface area (Å²) in [5, 5.41) is 2.67. The smallest absolute Gasteiger partial charge is 0.273 e. The van der Waals surface area contributed by atoms with Gasteiger partial charge in [0.05, 0.1) is 6.04 Å². The van der Waals surface area contributed by atoms with E-state index in [1.54, 1.807) is 12.1 Å². The molecule has 0 spiro atoms. The van der Waals surface area contributed by atoms with Crippen LogP contribution in [0.1, 0.15) is 66.3 Å². The molecule has 3 aromatic rings. The van der Waals surface area contributed by atoms with Crippen LogP contribution in [0.4, 0.5) is 4.39 Å². The third-order valence-electron chi connectivity index (χ3n) is 5.92. The zero-order valence-electron chi connectivity index (χ0n) is 20.2. The van der Waals surface area contributed by atoms with E-state index >= 15 is 0 Å². The van der Waals surface area contributed by atoms with Crippen molar-refractivity contribution in [3.63, 3.8) is 0 Å². The summed E-state index contributed by atoms with van der Waals surface area (Å²) in [6.45, 7) is 7.02. The van der Waals surface area contributed by atoms with Crippen molar-refractivity contribution in [3.05, 3.63) is 82.8 Å². The zero-order chi connectivity index (χ0) is 24.9. The number of oxazole rings is 1. The van der Waals surface area contributed by atoms with Crippen molar-refractivity contribution in [2.75, 3.05) is 13.1 Å². The third-order valence-corrected chi connectivity index (χ3v) is 5.92. The summed E-state index contributed by atoms with van der Waals surface area (Å²) >= 11 is 0. The van der Waals surface area contributed by atoms with Gasteiger partial charge in [-0.25, -0.2) is 9.37 Å². The summed E-state index contributed by atoms with van der Waals surface area (Å²) in [4.78, 5) is 31.1. The van der Waals surface area contributed by atoms with E-state index in [2.05, 4.69) is 10.3 Å². The average molecular weight is 480 g/mol. The van der Waals surface area contributed by atoms with Crippen molar-refractivity contribution in [2.24, 2.45) is 5.92 Å². The number of nitrogens with zero attached hydrogens (tertiary/aromatic N) is 2. The van der Waals surface area contributed by atoms with Gasteiger partial charge in [0, 0.05) is 19.5 Å². The van der Waals surface area contributed by atoms with Crippen molar-refractivity contribution < 1.29 is 23.1 Å². The SMILES string of the molecule is CCNC(=O)c1coc(COc2ccc3c(c2)[C@@H](c2ccc(F)cc2)N(C(=O)CC(C)C)CC3)n1. The van der Waals surface area contributed by atoms with Crippen LogP contribution in [0.15, 0.2) is 53.1 Å². The fourth-order valence-electron chi connectivity index (χ4n) is 4.30. The number of benzene rings is 2. The molecular weight excluding hydrogens is 449 g/mol. The number of halogens is 1. The second-order valence-corrected chi connectivity index (χ2v) is 9.02. The van der Waals surface area contributed by atoms with Crippen LogP contribution in [0.3, 0.4) is 0 Å². The quantitative estimate of drug-likeness (QED) is 0.508. The fourth-order valence-corrected chi connectivity index (χ4v) is 4.30. The van der Waals surface area contributed by atoms with Gasteiger partial charge in [0.1, 0.15) is 17.8 Å². The Morgan fingerprint density at radius 1 is 1.23 bits per heavy atom. The van der Waals surface area contributed by atoms with Gasteiger partial charge in [-0.15, -0.1) is 0 Å². The van der Waals surface area contributed by atoms with Crippen LogP contribution < -0.4 is 10.1 Å². The van der Waals surface area contributed by atoms with Crippen LogP contribution in [-0.4, -0.2) is 34.8 Å². The van der Waals surface area contributed by atoms with Crippen LogP contribution in [0.25, 0.3) is 0 Å². The molecule has 8 heteroatoms. The lowest BCUT2D eigenvalue weighted by Crippen LogP contribution is -2.41. The number of hydrogen-bond acceptors (Lipinski definition) is 5. The first kappa shape index (κ1) is 24.4. The normalized spacial score (nSPS) is 15.1. The standard InChI is InChI=1S/C27H30FN3O4/c1-4-29-27(33)23-15-35-24(30-23)16-34-21-10-7-18-11-12-31(25(32)13-17(2)3)26(22(18)14-21)19-5-8-20(28)9-6-19/h5-10,14-15,17,26H,4,11-13,16H2,1-3H3,(H,29,33)/t26-/m1/s1. The van der Waals surface area contributed by atoms with Crippen molar-refractivity contribution in [1.29, 1.82) is 0 Å². The van der Waals surface area contributed by atoms with Crippen LogP contribution >= 0.6 is 0 Å². The van der Waals surface area contributed by atoms with Gasteiger partial charge < -0.3 is 19.4 Å². The molecule has 0 bridgehead atoms. The Kier molecular flexibility index (Phi) is 7.48. The van der Waals surface area contributed by atoms with Gasteiger partial charge >= 0.3 is 0 Å². The molecule has 1 atom stereocenters. The molecule has 2 heterocycles. The summed E-state index contributed by atoms with van der Waals surface area (Å²) in [6.07, 6.45) is 2.48. The number of carbonyl (C=O) groups is 2. The molecule has 2 aromatic carbocycles. The number of hydrogen-bond donors (Lipinski definition) is 1. The second-order valence-electron chi connectivity index (χ2n) is 9.02. The minimum atomic E-state index is -0.333. The van der Waals surface area contributed by atoms with Crippen molar-refractivity contribution in [1.82, 2.24) is 15.2 Å². The van der Waals surface area contributed by atoms with Crippen molar-refractivity contribution >= 4 is 11.8 Å². The van der Waals surface area contributed by atoms with Crippen LogP contribution in [-0.2, 0) is 17.8 Å². The van der Waals surface area contributed by atoms with Gasteiger partial charge in [-0.2, -0.15) is 0 Å². The van der Waals surface area contributed by atoms with Crippen LogP contribution in [0.5, 0.6) is 5.75 Å². The second kappa shape index (κ2) is 10.7. The van der Waals surface area contributed by atoms with Gasteiger partial charge in [0.2, 0.25) is 11.8 Å². The summed E-state index contributed by atoms with van der Waals surface area (Å²) in [7, 11) is 0.